The maximum Gasteiger partial charge on any atom is 0.264 e. The van der Waals surface area contributed by atoms with Gasteiger partial charge in [-0.25, -0.2) is 12.8 Å². The number of rotatable bonds is 15. The molecule has 1 atom stereocenters. The Hall–Kier alpha value is -4.22. The van der Waals surface area contributed by atoms with E-state index in [4.69, 9.17) is 4.74 Å². The fourth-order valence-electron chi connectivity index (χ4n) is 4.95. The van der Waals surface area contributed by atoms with E-state index in [1.807, 2.05) is 75.4 Å². The Morgan fingerprint density at radius 2 is 1.55 bits per heavy atom. The van der Waals surface area contributed by atoms with Crippen LogP contribution in [0.1, 0.15) is 31.9 Å². The summed E-state index contributed by atoms with van der Waals surface area (Å²) in [6.07, 6.45) is 0.201. The molecule has 0 aliphatic heterocycles. The van der Waals surface area contributed by atoms with Crippen molar-refractivity contribution in [2.24, 2.45) is 5.92 Å². The van der Waals surface area contributed by atoms with Crippen LogP contribution in [0.25, 0.3) is 0 Å². The molecular weight excluding hydrogens is 685 g/mol. The maximum absolute atomic E-state index is 14.5. The van der Waals surface area contributed by atoms with E-state index in [1.165, 1.54) is 41.3 Å². The summed E-state index contributed by atoms with van der Waals surface area (Å²) in [6.45, 7) is 5.97. The molecule has 11 heteroatoms. The van der Waals surface area contributed by atoms with Crippen LogP contribution in [-0.4, -0.2) is 50.9 Å². The lowest BCUT2D eigenvalue weighted by Gasteiger charge is -2.34. The van der Waals surface area contributed by atoms with Gasteiger partial charge in [-0.3, -0.25) is 13.9 Å². The first-order chi connectivity index (χ1) is 22.5. The Morgan fingerprint density at radius 3 is 2.17 bits per heavy atom. The van der Waals surface area contributed by atoms with Gasteiger partial charge in [0.15, 0.2) is 0 Å². The van der Waals surface area contributed by atoms with Gasteiger partial charge in [-0.15, -0.1) is 0 Å². The number of nitrogens with one attached hydrogen (secondary N) is 1. The van der Waals surface area contributed by atoms with E-state index in [0.717, 1.165) is 32.0 Å². The van der Waals surface area contributed by atoms with Crippen molar-refractivity contribution in [2.45, 2.75) is 44.7 Å². The predicted octanol–water partition coefficient (Wildman–Crippen LogP) is 6.59. The molecule has 8 nitrogen and oxygen atoms in total. The van der Waals surface area contributed by atoms with Crippen molar-refractivity contribution in [1.82, 2.24) is 10.2 Å². The molecule has 2 amide bonds. The van der Waals surface area contributed by atoms with Gasteiger partial charge < -0.3 is 15.0 Å². The molecule has 0 spiro atoms. The number of nitrogens with zero attached hydrogens (tertiary/aromatic N) is 2. The number of amides is 2. The molecule has 4 aromatic carbocycles. The third-order valence-corrected chi connectivity index (χ3v) is 9.60. The van der Waals surface area contributed by atoms with Gasteiger partial charge in [-0.1, -0.05) is 72.2 Å². The lowest BCUT2D eigenvalue weighted by atomic mass is 10.0. The highest BCUT2D eigenvalue weighted by molar-refractivity contribution is 9.10. The maximum atomic E-state index is 14.5. The molecule has 0 heterocycles. The number of sulfonamides is 1. The monoisotopic (exact) mass is 723 g/mol. The SMILES string of the molecule is CCOc1ccc(S(=O)(=O)N(CC(=O)N(Cc2cccc(Br)c2)[C@@H](Cc2ccccc2)C(=O)NCC(C)C)c2ccc(F)cc2)cc1. The minimum Gasteiger partial charge on any atom is -0.494 e. The van der Waals surface area contributed by atoms with Gasteiger partial charge in [0.25, 0.3) is 10.0 Å². The van der Waals surface area contributed by atoms with Gasteiger partial charge in [0.1, 0.15) is 24.2 Å². The highest BCUT2D eigenvalue weighted by Crippen LogP contribution is 2.27. The van der Waals surface area contributed by atoms with Crippen LogP contribution in [0.4, 0.5) is 10.1 Å². The zero-order valence-electron chi connectivity index (χ0n) is 26.6. The summed E-state index contributed by atoms with van der Waals surface area (Å²) in [5.41, 5.74) is 1.67. The molecule has 0 fully saturated rings. The van der Waals surface area contributed by atoms with Gasteiger partial charge in [0, 0.05) is 24.0 Å². The summed E-state index contributed by atoms with van der Waals surface area (Å²) in [5, 5.41) is 2.97. The number of benzene rings is 4. The fourth-order valence-corrected chi connectivity index (χ4v) is 6.81. The van der Waals surface area contributed by atoms with E-state index >= 15 is 0 Å². The van der Waals surface area contributed by atoms with E-state index in [0.29, 0.717) is 18.9 Å². The molecule has 1 N–H and O–H groups in total. The zero-order chi connectivity index (χ0) is 34.0. The summed E-state index contributed by atoms with van der Waals surface area (Å²) in [7, 11) is -4.33. The number of anilines is 1. The molecule has 47 heavy (non-hydrogen) atoms. The van der Waals surface area contributed by atoms with E-state index in [1.54, 1.807) is 0 Å². The molecule has 0 unspecified atom stereocenters. The Labute approximate surface area is 284 Å². The second-order valence-electron chi connectivity index (χ2n) is 11.4. The molecule has 0 aliphatic rings. The molecular formula is C36H39BrFN3O5S. The van der Waals surface area contributed by atoms with E-state index < -0.39 is 34.3 Å². The molecule has 0 saturated carbocycles. The second-order valence-corrected chi connectivity index (χ2v) is 14.2. The first kappa shape index (κ1) is 35.6. The van der Waals surface area contributed by atoms with Gasteiger partial charge >= 0.3 is 0 Å². The Balaban J connectivity index is 1.79. The molecule has 4 rings (SSSR count). The van der Waals surface area contributed by atoms with Crippen LogP contribution >= 0.6 is 15.9 Å². The van der Waals surface area contributed by atoms with Crippen molar-refractivity contribution < 1.29 is 27.1 Å². The highest BCUT2D eigenvalue weighted by Gasteiger charge is 2.34. The van der Waals surface area contributed by atoms with E-state index in [2.05, 4.69) is 21.2 Å². The largest absolute Gasteiger partial charge is 0.494 e. The zero-order valence-corrected chi connectivity index (χ0v) is 29.0. The number of halogens is 2. The average Bonchev–Trinajstić information content (AvgIpc) is 3.05. The van der Waals surface area contributed by atoms with Gasteiger partial charge in [-0.2, -0.15) is 0 Å². The van der Waals surface area contributed by atoms with E-state index in [9.17, 15) is 22.4 Å². The predicted molar refractivity (Wildman–Crippen MR) is 185 cm³/mol. The minimum absolute atomic E-state index is 0.0330. The second kappa shape index (κ2) is 16.6. The van der Waals surface area contributed by atoms with Gasteiger partial charge in [-0.05, 0) is 84.6 Å². The standard InChI is InChI=1S/C36H39BrFN3O5S/c1-4-46-32-17-19-33(20-18-32)47(44,45)41(31-15-13-30(38)14-16-31)25-35(42)40(24-28-11-8-12-29(37)21-28)34(36(43)39-23-26(2)3)22-27-9-6-5-7-10-27/h5-21,26,34H,4,22-25H2,1-3H3,(H,39,43)/t34-/m0/s1. The van der Waals surface area contributed by atoms with Crippen LogP contribution in [0.15, 0.2) is 112 Å². The molecule has 0 aliphatic carbocycles. The third-order valence-electron chi connectivity index (χ3n) is 7.31. The third kappa shape index (κ3) is 9.89. The topological polar surface area (TPSA) is 96.0 Å². The lowest BCUT2D eigenvalue weighted by molar-refractivity contribution is -0.140. The highest BCUT2D eigenvalue weighted by atomic mass is 79.9. The summed E-state index contributed by atoms with van der Waals surface area (Å²) < 4.78 is 49.5. The number of hydrogen-bond acceptors (Lipinski definition) is 5. The van der Waals surface area contributed by atoms with Crippen LogP contribution in [0.5, 0.6) is 5.75 Å². The van der Waals surface area contributed by atoms with Crippen LogP contribution in [0.3, 0.4) is 0 Å². The Morgan fingerprint density at radius 1 is 0.894 bits per heavy atom. The van der Waals surface area contributed by atoms with Crippen LogP contribution in [0, 0.1) is 11.7 Å². The van der Waals surface area contributed by atoms with Crippen molar-refractivity contribution >= 4 is 43.5 Å². The Bertz CT molecular complexity index is 1740. The van der Waals surface area contributed by atoms with Crippen molar-refractivity contribution in [3.8, 4) is 5.75 Å². The smallest absolute Gasteiger partial charge is 0.264 e. The quantitative estimate of drug-likeness (QED) is 0.149. The van der Waals surface area contributed by atoms with Crippen LogP contribution < -0.4 is 14.4 Å². The number of carbonyl (C=O) groups is 2. The molecule has 0 radical (unpaired) electrons. The number of carbonyl (C=O) groups excluding carboxylic acids is 2. The summed E-state index contributed by atoms with van der Waals surface area (Å²) in [6, 6.07) is 26.5. The van der Waals surface area contributed by atoms with Crippen LogP contribution in [-0.2, 0) is 32.6 Å². The van der Waals surface area contributed by atoms with Crippen molar-refractivity contribution in [2.75, 3.05) is 24.0 Å². The number of hydrogen-bond donors (Lipinski definition) is 1. The first-order valence-corrected chi connectivity index (χ1v) is 17.6. The van der Waals surface area contributed by atoms with Gasteiger partial charge in [0.2, 0.25) is 11.8 Å². The van der Waals surface area contributed by atoms with Crippen LogP contribution in [0.2, 0.25) is 0 Å². The molecule has 0 aromatic heterocycles. The summed E-state index contributed by atoms with van der Waals surface area (Å²) >= 11 is 3.48. The molecule has 0 saturated heterocycles. The van der Waals surface area contributed by atoms with E-state index in [-0.39, 0.29) is 35.4 Å². The molecule has 4 aromatic rings. The minimum atomic E-state index is -4.33. The molecule has 248 valence electrons. The average molecular weight is 725 g/mol. The fraction of sp³-hybridized carbons (Fsp3) is 0.278. The normalized spacial score (nSPS) is 12.0. The van der Waals surface area contributed by atoms with Crippen molar-refractivity contribution in [3.05, 3.63) is 125 Å². The summed E-state index contributed by atoms with van der Waals surface area (Å²) in [5.74, 6) is -0.858. The Kier molecular flexibility index (Phi) is 12.6. The first-order valence-electron chi connectivity index (χ1n) is 15.3. The number of ether oxygens (including phenoxy) is 1. The van der Waals surface area contributed by atoms with Crippen molar-refractivity contribution in [3.63, 3.8) is 0 Å². The van der Waals surface area contributed by atoms with Gasteiger partial charge in [0.05, 0.1) is 17.2 Å². The molecule has 0 bridgehead atoms. The van der Waals surface area contributed by atoms with Crippen molar-refractivity contribution in [1.29, 1.82) is 0 Å². The summed E-state index contributed by atoms with van der Waals surface area (Å²) in [4.78, 5) is 29.7. The lowest BCUT2D eigenvalue weighted by Crippen LogP contribution is -2.53.